The molecule has 0 radical (unpaired) electrons. The quantitative estimate of drug-likeness (QED) is 0.831. The van der Waals surface area contributed by atoms with Gasteiger partial charge in [-0.25, -0.2) is 0 Å². The second-order valence-electron chi connectivity index (χ2n) is 4.23. The second kappa shape index (κ2) is 7.12. The molecule has 0 atom stereocenters. The van der Waals surface area contributed by atoms with E-state index >= 15 is 0 Å². The summed E-state index contributed by atoms with van der Waals surface area (Å²) in [5, 5.41) is 0. The van der Waals surface area contributed by atoms with Crippen molar-refractivity contribution >= 4 is 34.2 Å². The van der Waals surface area contributed by atoms with Crippen molar-refractivity contribution in [3.63, 3.8) is 0 Å². The van der Waals surface area contributed by atoms with Crippen LogP contribution in [0.5, 0.6) is 0 Å². The topological polar surface area (TPSA) is 23.6 Å². The fourth-order valence-electron chi connectivity index (χ4n) is 2.04. The molecule has 2 rings (SSSR count). The van der Waals surface area contributed by atoms with Gasteiger partial charge in [0.25, 0.3) is 5.91 Å². The van der Waals surface area contributed by atoms with Crippen LogP contribution < -0.4 is 0 Å². The summed E-state index contributed by atoms with van der Waals surface area (Å²) in [5.41, 5.74) is 0.776. The molecule has 0 unspecified atom stereocenters. The summed E-state index contributed by atoms with van der Waals surface area (Å²) in [6, 6.07) is 7.57. The molecule has 0 spiro atoms. The van der Waals surface area contributed by atoms with Crippen LogP contribution in [-0.4, -0.2) is 48.4 Å². The Bertz CT molecular complexity index is 388. The van der Waals surface area contributed by atoms with Gasteiger partial charge in [0.1, 0.15) is 0 Å². The van der Waals surface area contributed by atoms with E-state index in [1.807, 2.05) is 29.2 Å². The lowest BCUT2D eigenvalue weighted by Crippen LogP contribution is -2.48. The van der Waals surface area contributed by atoms with Gasteiger partial charge in [0.05, 0.1) is 0 Å². The minimum absolute atomic E-state index is 0. The number of piperazine rings is 1. The molecule has 0 aromatic heterocycles. The van der Waals surface area contributed by atoms with Crippen molar-refractivity contribution in [1.29, 1.82) is 0 Å². The van der Waals surface area contributed by atoms with Gasteiger partial charge in [-0.2, -0.15) is 0 Å². The van der Waals surface area contributed by atoms with Crippen LogP contribution in [0.25, 0.3) is 0 Å². The van der Waals surface area contributed by atoms with Crippen molar-refractivity contribution in [2.45, 2.75) is 6.92 Å². The number of hydrogen-bond acceptors (Lipinski definition) is 2. The molecule has 1 amide bonds. The first-order valence-corrected chi connectivity index (χ1v) is 6.77. The molecule has 1 aliphatic rings. The van der Waals surface area contributed by atoms with E-state index in [1.54, 1.807) is 0 Å². The van der Waals surface area contributed by atoms with Crippen LogP contribution in [-0.2, 0) is 0 Å². The predicted molar refractivity (Wildman–Crippen MR) is 79.4 cm³/mol. The Balaban J connectivity index is 0.00000162. The minimum atomic E-state index is 0. The lowest BCUT2D eigenvalue weighted by Gasteiger charge is -2.34. The number of carbonyl (C=O) groups is 1. The molecule has 1 fully saturated rings. The predicted octanol–water partition coefficient (Wildman–Crippen LogP) is 2.65. The largest absolute Gasteiger partial charge is 0.336 e. The van der Waals surface area contributed by atoms with Crippen LogP contribution in [0.1, 0.15) is 17.3 Å². The van der Waals surface area contributed by atoms with Crippen LogP contribution in [0.15, 0.2) is 28.7 Å². The average Bonchev–Trinajstić information content (AvgIpc) is 2.39. The van der Waals surface area contributed by atoms with Gasteiger partial charge in [-0.1, -0.05) is 22.9 Å². The van der Waals surface area contributed by atoms with Gasteiger partial charge in [-0.15, -0.1) is 12.4 Å². The van der Waals surface area contributed by atoms with E-state index in [-0.39, 0.29) is 18.3 Å². The number of hydrogen-bond donors (Lipinski definition) is 0. The zero-order valence-electron chi connectivity index (χ0n) is 10.4. The van der Waals surface area contributed by atoms with Gasteiger partial charge < -0.3 is 9.80 Å². The highest BCUT2D eigenvalue weighted by atomic mass is 79.9. The van der Waals surface area contributed by atoms with E-state index in [1.165, 1.54) is 0 Å². The Morgan fingerprint density at radius 3 is 2.22 bits per heavy atom. The van der Waals surface area contributed by atoms with E-state index in [2.05, 4.69) is 27.8 Å². The fourth-order valence-corrected chi connectivity index (χ4v) is 2.31. The molecule has 1 aromatic rings. The Morgan fingerprint density at radius 1 is 1.17 bits per heavy atom. The summed E-state index contributed by atoms with van der Waals surface area (Å²) in [6.07, 6.45) is 0. The van der Waals surface area contributed by atoms with Crippen molar-refractivity contribution in [1.82, 2.24) is 9.80 Å². The standard InChI is InChI=1S/C13H17BrN2O.ClH/c1-2-15-7-9-16(10-8-15)13(17)11-3-5-12(14)6-4-11;/h3-6H,2,7-10H2,1H3;1H. The van der Waals surface area contributed by atoms with Crippen molar-refractivity contribution in [3.05, 3.63) is 34.3 Å². The third kappa shape index (κ3) is 3.70. The number of amides is 1. The van der Waals surface area contributed by atoms with Gasteiger partial charge >= 0.3 is 0 Å². The molecule has 18 heavy (non-hydrogen) atoms. The molecule has 1 aliphatic heterocycles. The minimum Gasteiger partial charge on any atom is -0.336 e. The van der Waals surface area contributed by atoms with Crippen LogP contribution in [0.2, 0.25) is 0 Å². The van der Waals surface area contributed by atoms with Crippen LogP contribution >= 0.6 is 28.3 Å². The molecule has 1 saturated heterocycles. The second-order valence-corrected chi connectivity index (χ2v) is 5.15. The molecule has 1 aromatic carbocycles. The lowest BCUT2D eigenvalue weighted by molar-refractivity contribution is 0.0643. The third-order valence-electron chi connectivity index (χ3n) is 3.20. The summed E-state index contributed by atoms with van der Waals surface area (Å²) in [7, 11) is 0. The first-order valence-electron chi connectivity index (χ1n) is 5.98. The molecule has 1 heterocycles. The van der Waals surface area contributed by atoms with E-state index in [0.717, 1.165) is 42.8 Å². The monoisotopic (exact) mass is 332 g/mol. The first-order chi connectivity index (χ1) is 8.20. The summed E-state index contributed by atoms with van der Waals surface area (Å²) in [5.74, 6) is 0.147. The lowest BCUT2D eigenvalue weighted by atomic mass is 10.2. The highest BCUT2D eigenvalue weighted by molar-refractivity contribution is 9.10. The van der Waals surface area contributed by atoms with Gasteiger partial charge in [0.15, 0.2) is 0 Å². The van der Waals surface area contributed by atoms with E-state index in [9.17, 15) is 4.79 Å². The Kier molecular flexibility index (Phi) is 6.12. The molecule has 0 bridgehead atoms. The van der Waals surface area contributed by atoms with Crippen LogP contribution in [0.3, 0.4) is 0 Å². The van der Waals surface area contributed by atoms with E-state index < -0.39 is 0 Å². The number of likely N-dealkylation sites (N-methyl/N-ethyl adjacent to an activating group) is 1. The van der Waals surface area contributed by atoms with Crippen LogP contribution in [0, 0.1) is 0 Å². The zero-order chi connectivity index (χ0) is 12.3. The number of benzene rings is 1. The number of halogens is 2. The van der Waals surface area contributed by atoms with Gasteiger partial charge in [-0.3, -0.25) is 4.79 Å². The summed E-state index contributed by atoms with van der Waals surface area (Å²) in [4.78, 5) is 16.5. The Morgan fingerprint density at radius 2 is 1.72 bits per heavy atom. The van der Waals surface area contributed by atoms with Gasteiger partial charge in [0.2, 0.25) is 0 Å². The van der Waals surface area contributed by atoms with Gasteiger partial charge in [0, 0.05) is 36.2 Å². The van der Waals surface area contributed by atoms with Crippen molar-refractivity contribution in [2.75, 3.05) is 32.7 Å². The number of nitrogens with zero attached hydrogens (tertiary/aromatic N) is 2. The normalized spacial score (nSPS) is 16.2. The molecular weight excluding hydrogens is 316 g/mol. The first kappa shape index (κ1) is 15.5. The summed E-state index contributed by atoms with van der Waals surface area (Å²) < 4.78 is 1.00. The fraction of sp³-hybridized carbons (Fsp3) is 0.462. The van der Waals surface area contributed by atoms with Crippen molar-refractivity contribution < 1.29 is 4.79 Å². The summed E-state index contributed by atoms with van der Waals surface area (Å²) >= 11 is 3.38. The zero-order valence-corrected chi connectivity index (χ0v) is 12.8. The van der Waals surface area contributed by atoms with E-state index in [0.29, 0.717) is 0 Å². The maximum Gasteiger partial charge on any atom is 0.253 e. The van der Waals surface area contributed by atoms with Crippen LogP contribution in [0.4, 0.5) is 0 Å². The summed E-state index contributed by atoms with van der Waals surface area (Å²) in [6.45, 7) is 6.87. The van der Waals surface area contributed by atoms with Crippen molar-refractivity contribution in [3.8, 4) is 0 Å². The third-order valence-corrected chi connectivity index (χ3v) is 3.73. The maximum absolute atomic E-state index is 12.2. The number of rotatable bonds is 2. The maximum atomic E-state index is 12.2. The molecule has 100 valence electrons. The molecular formula is C13H18BrClN2O. The highest BCUT2D eigenvalue weighted by Crippen LogP contribution is 2.13. The Hall–Kier alpha value is -0.580. The number of carbonyl (C=O) groups excluding carboxylic acids is 1. The molecule has 5 heteroatoms. The smallest absolute Gasteiger partial charge is 0.253 e. The highest BCUT2D eigenvalue weighted by Gasteiger charge is 2.20. The molecule has 0 N–H and O–H groups in total. The van der Waals surface area contributed by atoms with E-state index in [4.69, 9.17) is 0 Å². The van der Waals surface area contributed by atoms with Gasteiger partial charge in [-0.05, 0) is 30.8 Å². The SMILES string of the molecule is CCN1CCN(C(=O)c2ccc(Br)cc2)CC1.Cl. The molecule has 3 nitrogen and oxygen atoms in total. The molecule has 0 saturated carbocycles. The molecule has 0 aliphatic carbocycles. The average molecular weight is 334 g/mol. The Labute approximate surface area is 123 Å². The van der Waals surface area contributed by atoms with Crippen molar-refractivity contribution in [2.24, 2.45) is 0 Å².